The first-order valence-corrected chi connectivity index (χ1v) is 16.3. The molecule has 0 spiro atoms. The van der Waals surface area contributed by atoms with Gasteiger partial charge >= 0.3 is 12.1 Å². The lowest BCUT2D eigenvalue weighted by molar-refractivity contribution is -0.145. The smallest absolute Gasteiger partial charge is 0.408 e. The number of aliphatic carboxylic acids is 1. The molecule has 1 saturated carbocycles. The van der Waals surface area contributed by atoms with Crippen molar-refractivity contribution in [3.63, 3.8) is 0 Å². The Morgan fingerprint density at radius 2 is 1.98 bits per heavy atom. The SMILES string of the molecule is COc1ccc(-c2nnn([C@@H]3C[C@H]4C(=O)N[C@]5(C(=O)O)C[C@H]5C=CCCCCC[C@H](NC(=O)OC(C)(C)C)C(=O)N4C3)n2)cc1Br. The summed E-state index contributed by atoms with van der Waals surface area (Å²) in [5.74, 6) is -1.53. The highest BCUT2D eigenvalue weighted by Crippen LogP contribution is 2.45. The van der Waals surface area contributed by atoms with Gasteiger partial charge in [0.2, 0.25) is 17.6 Å². The molecular weight excluding hydrogens is 662 g/mol. The van der Waals surface area contributed by atoms with Gasteiger partial charge in [-0.25, -0.2) is 9.59 Å². The van der Waals surface area contributed by atoms with E-state index in [1.807, 2.05) is 12.2 Å². The Labute approximate surface area is 275 Å². The fourth-order valence-corrected chi connectivity index (χ4v) is 6.54. The highest BCUT2D eigenvalue weighted by molar-refractivity contribution is 9.10. The molecule has 1 aromatic carbocycles. The highest BCUT2D eigenvalue weighted by atomic mass is 79.9. The average molecular weight is 703 g/mol. The molecule has 46 heavy (non-hydrogen) atoms. The number of carboxylic acid groups (broad SMARTS) is 1. The molecule has 0 unspecified atom stereocenters. The number of nitrogens with zero attached hydrogens (tertiary/aromatic N) is 5. The summed E-state index contributed by atoms with van der Waals surface area (Å²) in [4.78, 5) is 56.0. The van der Waals surface area contributed by atoms with Crippen molar-refractivity contribution in [2.24, 2.45) is 5.92 Å². The number of carbonyl (C=O) groups excluding carboxylic acids is 3. The summed E-state index contributed by atoms with van der Waals surface area (Å²) in [7, 11) is 1.56. The summed E-state index contributed by atoms with van der Waals surface area (Å²) >= 11 is 3.46. The van der Waals surface area contributed by atoms with Gasteiger partial charge in [-0.2, -0.15) is 4.80 Å². The van der Waals surface area contributed by atoms with E-state index in [9.17, 15) is 24.3 Å². The molecule has 0 bridgehead atoms. The molecular formula is C31H40BrN7O7. The maximum absolute atomic E-state index is 14.2. The number of fused-ring (bicyclic) bond motifs is 2. The van der Waals surface area contributed by atoms with Crippen LogP contribution in [0.1, 0.15) is 71.8 Å². The molecule has 5 rings (SSSR count). The number of nitrogens with one attached hydrogen (secondary N) is 2. The Balaban J connectivity index is 1.44. The van der Waals surface area contributed by atoms with Crippen molar-refractivity contribution >= 4 is 39.8 Å². The molecule has 3 N–H and O–H groups in total. The zero-order valence-electron chi connectivity index (χ0n) is 26.4. The monoisotopic (exact) mass is 701 g/mol. The quantitative estimate of drug-likeness (QED) is 0.390. The number of aromatic nitrogens is 4. The first-order chi connectivity index (χ1) is 21.8. The van der Waals surface area contributed by atoms with Crippen LogP contribution in [0.2, 0.25) is 0 Å². The maximum atomic E-state index is 14.2. The van der Waals surface area contributed by atoms with Crippen LogP contribution in [-0.4, -0.2) is 91.0 Å². The van der Waals surface area contributed by atoms with Crippen LogP contribution in [0.5, 0.6) is 5.75 Å². The van der Waals surface area contributed by atoms with Crippen LogP contribution < -0.4 is 15.4 Å². The third-order valence-electron chi connectivity index (χ3n) is 8.49. The highest BCUT2D eigenvalue weighted by Gasteiger charge is 2.61. The third kappa shape index (κ3) is 7.34. The lowest BCUT2D eigenvalue weighted by Crippen LogP contribution is -2.56. The molecule has 2 aliphatic heterocycles. The number of carboxylic acids is 1. The summed E-state index contributed by atoms with van der Waals surface area (Å²) in [6.07, 6.45) is 6.85. The molecule has 3 heterocycles. The molecule has 2 fully saturated rings. The number of ether oxygens (including phenoxy) is 2. The van der Waals surface area contributed by atoms with Crippen LogP contribution in [0.25, 0.3) is 11.4 Å². The van der Waals surface area contributed by atoms with Crippen molar-refractivity contribution in [3.8, 4) is 17.1 Å². The topological polar surface area (TPSA) is 178 Å². The Morgan fingerprint density at radius 1 is 1.20 bits per heavy atom. The molecule has 1 saturated heterocycles. The third-order valence-corrected chi connectivity index (χ3v) is 9.11. The molecule has 14 nitrogen and oxygen atoms in total. The van der Waals surface area contributed by atoms with Gasteiger partial charge in [-0.3, -0.25) is 9.59 Å². The van der Waals surface area contributed by atoms with Crippen molar-refractivity contribution in [1.82, 2.24) is 35.7 Å². The number of hydrogen-bond acceptors (Lipinski definition) is 9. The van der Waals surface area contributed by atoms with Crippen LogP contribution in [0, 0.1) is 5.92 Å². The summed E-state index contributed by atoms with van der Waals surface area (Å²) in [6, 6.07) is 2.83. The molecule has 1 aromatic heterocycles. The van der Waals surface area contributed by atoms with Gasteiger partial charge in [-0.1, -0.05) is 25.0 Å². The van der Waals surface area contributed by atoms with Crippen molar-refractivity contribution < 1.29 is 33.8 Å². The van der Waals surface area contributed by atoms with E-state index in [2.05, 4.69) is 42.0 Å². The Hall–Kier alpha value is -4.01. The first-order valence-electron chi connectivity index (χ1n) is 15.5. The first kappa shape index (κ1) is 33.4. The van der Waals surface area contributed by atoms with Crippen molar-refractivity contribution in [3.05, 3.63) is 34.8 Å². The number of carbonyl (C=O) groups is 4. The lowest BCUT2D eigenvalue weighted by atomic mass is 10.0. The van der Waals surface area contributed by atoms with E-state index in [1.54, 1.807) is 46.1 Å². The zero-order chi connectivity index (χ0) is 33.2. The molecule has 248 valence electrons. The van der Waals surface area contributed by atoms with E-state index in [-0.39, 0.29) is 25.3 Å². The molecule has 3 aliphatic rings. The van der Waals surface area contributed by atoms with Crippen LogP contribution in [-0.2, 0) is 19.1 Å². The average Bonchev–Trinajstić information content (AvgIpc) is 3.31. The van der Waals surface area contributed by atoms with E-state index in [0.717, 1.165) is 19.3 Å². The fraction of sp³-hybridized carbons (Fsp3) is 0.581. The van der Waals surface area contributed by atoms with E-state index in [0.29, 0.717) is 34.5 Å². The van der Waals surface area contributed by atoms with Gasteiger partial charge in [0.15, 0.2) is 0 Å². The van der Waals surface area contributed by atoms with Crippen LogP contribution in [0.15, 0.2) is 34.8 Å². The van der Waals surface area contributed by atoms with Crippen molar-refractivity contribution in [2.45, 2.75) is 95.0 Å². The Morgan fingerprint density at radius 3 is 2.67 bits per heavy atom. The Kier molecular flexibility index (Phi) is 9.70. The van der Waals surface area contributed by atoms with E-state index < -0.39 is 53.1 Å². The normalized spacial score (nSPS) is 27.0. The number of alkyl carbamates (subject to hydrolysis) is 1. The van der Waals surface area contributed by atoms with E-state index in [1.165, 1.54) is 9.70 Å². The maximum Gasteiger partial charge on any atom is 0.408 e. The van der Waals surface area contributed by atoms with Gasteiger partial charge in [-0.05, 0) is 85.8 Å². The van der Waals surface area contributed by atoms with Gasteiger partial charge in [0.25, 0.3) is 0 Å². The van der Waals surface area contributed by atoms with Crippen molar-refractivity contribution in [1.29, 1.82) is 0 Å². The largest absolute Gasteiger partial charge is 0.496 e. The van der Waals surface area contributed by atoms with E-state index in [4.69, 9.17) is 9.47 Å². The van der Waals surface area contributed by atoms with Crippen LogP contribution in [0.3, 0.4) is 0 Å². The summed E-state index contributed by atoms with van der Waals surface area (Å²) < 4.78 is 11.5. The summed E-state index contributed by atoms with van der Waals surface area (Å²) in [5.41, 5.74) is -1.53. The molecule has 15 heteroatoms. The summed E-state index contributed by atoms with van der Waals surface area (Å²) in [6.45, 7) is 5.25. The Bertz CT molecular complexity index is 1520. The van der Waals surface area contributed by atoms with Gasteiger partial charge in [0.1, 0.15) is 29.0 Å². The number of amides is 3. The van der Waals surface area contributed by atoms with Gasteiger partial charge in [0, 0.05) is 24.4 Å². The summed E-state index contributed by atoms with van der Waals surface area (Å²) in [5, 5.41) is 28.6. The number of rotatable bonds is 5. The molecule has 3 amide bonds. The second-order valence-electron chi connectivity index (χ2n) is 13.0. The number of hydrogen-bond donors (Lipinski definition) is 3. The number of methoxy groups -OCH3 is 1. The van der Waals surface area contributed by atoms with Gasteiger partial charge < -0.3 is 30.1 Å². The second kappa shape index (κ2) is 13.4. The fourth-order valence-electron chi connectivity index (χ4n) is 6.00. The number of halogens is 1. The van der Waals surface area contributed by atoms with Gasteiger partial charge in [-0.15, -0.1) is 10.2 Å². The predicted molar refractivity (Wildman–Crippen MR) is 169 cm³/mol. The minimum absolute atomic E-state index is 0.0505. The number of tetrazole rings is 1. The second-order valence-corrected chi connectivity index (χ2v) is 13.9. The lowest BCUT2D eigenvalue weighted by Gasteiger charge is -2.30. The van der Waals surface area contributed by atoms with E-state index >= 15 is 0 Å². The van der Waals surface area contributed by atoms with Gasteiger partial charge in [0.05, 0.1) is 17.6 Å². The molecule has 2 aromatic rings. The molecule has 5 atom stereocenters. The number of benzene rings is 1. The minimum Gasteiger partial charge on any atom is -0.496 e. The predicted octanol–water partition coefficient (Wildman–Crippen LogP) is 3.63. The van der Waals surface area contributed by atoms with Crippen molar-refractivity contribution in [2.75, 3.05) is 13.7 Å². The molecule has 1 aliphatic carbocycles. The number of allylic oxidation sites excluding steroid dienone is 1. The standard InChI is InChI=1S/C31H40BrN7O7/c1-30(2,3)46-29(44)33-22-11-9-7-5-6-8-10-19-16-31(19,28(42)43)34-26(40)23-15-20(17-38(23)27(22)41)39-36-25(35-37-39)18-12-13-24(45-4)21(32)14-18/h8,10,12-14,19-20,22-23H,5-7,9,11,15-17H2,1-4H3,(H,33,44)(H,34,40)(H,42,43)/t19-,20-,22+,23+,31-/m1/s1. The molecule has 0 radical (unpaired) electrons. The van der Waals surface area contributed by atoms with Crippen LogP contribution in [0.4, 0.5) is 4.79 Å². The minimum atomic E-state index is -1.44. The zero-order valence-corrected chi connectivity index (χ0v) is 27.9. The van der Waals surface area contributed by atoms with Crippen LogP contribution >= 0.6 is 15.9 Å².